The van der Waals surface area contributed by atoms with Gasteiger partial charge in [0.05, 0.1) is 0 Å². The molecule has 0 aliphatic heterocycles. The van der Waals surface area contributed by atoms with Gasteiger partial charge in [0.1, 0.15) is 5.69 Å². The molecule has 4 heteroatoms. The molecule has 4 aromatic rings. The second-order valence-electron chi connectivity index (χ2n) is 7.24. The normalized spacial score (nSPS) is 15.1. The number of hydrogen-bond acceptors (Lipinski definition) is 4. The van der Waals surface area contributed by atoms with E-state index >= 15 is 0 Å². The number of fused-ring (bicyclic) bond motifs is 1. The summed E-state index contributed by atoms with van der Waals surface area (Å²) in [7, 11) is 0. The van der Waals surface area contributed by atoms with Crippen molar-refractivity contribution in [3.05, 3.63) is 83.7 Å². The molecule has 2 heterocycles. The number of nitrogens with zero attached hydrogens (tertiary/aromatic N) is 2. The molecular formula is C23H21N3O. The Balaban J connectivity index is 1.53. The standard InChI is InChI=1S/C23H21N3O/c24-20(14-21-16(15-11-12-15)9-5-13-25-21)17-6-1-2-7-18(17)23-19-8-3-4-10-22(19)27-26-23/h1-10,13,15,20H,11-12,14,24H2. The van der Waals surface area contributed by atoms with E-state index in [0.29, 0.717) is 5.92 Å². The molecule has 0 radical (unpaired) electrons. The van der Waals surface area contributed by atoms with E-state index in [2.05, 4.69) is 28.3 Å². The van der Waals surface area contributed by atoms with Crippen LogP contribution in [0.3, 0.4) is 0 Å². The van der Waals surface area contributed by atoms with Crippen LogP contribution in [0.25, 0.3) is 22.2 Å². The molecule has 5 rings (SSSR count). The molecule has 1 aliphatic carbocycles. The smallest absolute Gasteiger partial charge is 0.167 e. The van der Waals surface area contributed by atoms with Crippen molar-refractivity contribution in [1.82, 2.24) is 10.1 Å². The lowest BCUT2D eigenvalue weighted by molar-refractivity contribution is 0.459. The van der Waals surface area contributed by atoms with Crippen molar-refractivity contribution in [2.24, 2.45) is 5.73 Å². The lowest BCUT2D eigenvalue weighted by atomic mass is 9.93. The number of rotatable bonds is 5. The molecule has 1 saturated carbocycles. The van der Waals surface area contributed by atoms with Gasteiger partial charge in [0.2, 0.25) is 0 Å². The van der Waals surface area contributed by atoms with Gasteiger partial charge in [0.15, 0.2) is 5.58 Å². The third-order valence-corrected chi connectivity index (χ3v) is 5.35. The SMILES string of the molecule is NC(Cc1ncccc1C1CC1)c1ccccc1-c1noc2ccccc12. The summed E-state index contributed by atoms with van der Waals surface area (Å²) in [6.45, 7) is 0. The van der Waals surface area contributed by atoms with Gasteiger partial charge in [-0.15, -0.1) is 0 Å². The zero-order valence-corrected chi connectivity index (χ0v) is 15.0. The van der Waals surface area contributed by atoms with E-state index in [-0.39, 0.29) is 6.04 Å². The average Bonchev–Trinajstić information content (AvgIpc) is 3.47. The number of pyridine rings is 1. The highest BCUT2D eigenvalue weighted by Crippen LogP contribution is 2.42. The number of para-hydroxylation sites is 1. The van der Waals surface area contributed by atoms with E-state index in [1.165, 1.54) is 18.4 Å². The maximum Gasteiger partial charge on any atom is 0.167 e. The Morgan fingerprint density at radius 2 is 1.81 bits per heavy atom. The highest BCUT2D eigenvalue weighted by atomic mass is 16.5. The molecule has 0 bridgehead atoms. The molecule has 2 aromatic carbocycles. The fourth-order valence-electron chi connectivity index (χ4n) is 3.82. The number of nitrogens with two attached hydrogens (primary N) is 1. The summed E-state index contributed by atoms with van der Waals surface area (Å²) in [5.74, 6) is 0.663. The first-order valence-electron chi connectivity index (χ1n) is 9.44. The highest BCUT2D eigenvalue weighted by molar-refractivity contribution is 5.92. The Kier molecular flexibility index (Phi) is 3.98. The molecule has 1 fully saturated rings. The van der Waals surface area contributed by atoms with Crippen LogP contribution in [0.2, 0.25) is 0 Å². The van der Waals surface area contributed by atoms with Crippen molar-refractivity contribution in [3.8, 4) is 11.3 Å². The predicted molar refractivity (Wildman–Crippen MR) is 106 cm³/mol. The molecule has 4 nitrogen and oxygen atoms in total. The van der Waals surface area contributed by atoms with Crippen molar-refractivity contribution in [1.29, 1.82) is 0 Å². The van der Waals surface area contributed by atoms with E-state index in [4.69, 9.17) is 10.3 Å². The van der Waals surface area contributed by atoms with Crippen LogP contribution >= 0.6 is 0 Å². The first-order valence-corrected chi connectivity index (χ1v) is 9.44. The molecule has 2 N–H and O–H groups in total. The molecule has 1 aliphatic rings. The predicted octanol–water partition coefficient (Wildman–Crippen LogP) is 5.01. The van der Waals surface area contributed by atoms with Gasteiger partial charge in [-0.05, 0) is 48.1 Å². The molecule has 1 atom stereocenters. The van der Waals surface area contributed by atoms with Gasteiger partial charge in [0, 0.05) is 35.3 Å². The Hall–Kier alpha value is -2.98. The second-order valence-corrected chi connectivity index (χ2v) is 7.24. The van der Waals surface area contributed by atoms with E-state index in [1.54, 1.807) is 0 Å². The van der Waals surface area contributed by atoms with Crippen LogP contribution in [0, 0.1) is 0 Å². The van der Waals surface area contributed by atoms with E-state index in [9.17, 15) is 0 Å². The van der Waals surface area contributed by atoms with Crippen LogP contribution in [0.1, 0.15) is 41.6 Å². The number of hydrogen-bond donors (Lipinski definition) is 1. The summed E-state index contributed by atoms with van der Waals surface area (Å²) in [4.78, 5) is 4.63. The topological polar surface area (TPSA) is 64.9 Å². The molecule has 0 saturated heterocycles. The van der Waals surface area contributed by atoms with Gasteiger partial charge in [-0.1, -0.05) is 47.6 Å². The molecular weight excluding hydrogens is 334 g/mol. The summed E-state index contributed by atoms with van der Waals surface area (Å²) in [6, 6.07) is 20.2. The van der Waals surface area contributed by atoms with Crippen LogP contribution in [0.5, 0.6) is 0 Å². The quantitative estimate of drug-likeness (QED) is 0.546. The van der Waals surface area contributed by atoms with E-state index < -0.39 is 0 Å². The van der Waals surface area contributed by atoms with Gasteiger partial charge >= 0.3 is 0 Å². The highest BCUT2D eigenvalue weighted by Gasteiger charge is 2.27. The fraction of sp³-hybridized carbons (Fsp3) is 0.217. The second kappa shape index (κ2) is 6.63. The summed E-state index contributed by atoms with van der Waals surface area (Å²) in [5, 5.41) is 5.33. The maximum atomic E-state index is 6.67. The van der Waals surface area contributed by atoms with Crippen LogP contribution in [0.4, 0.5) is 0 Å². The number of benzene rings is 2. The third-order valence-electron chi connectivity index (χ3n) is 5.35. The summed E-state index contributed by atoms with van der Waals surface area (Å²) < 4.78 is 5.51. The first-order chi connectivity index (χ1) is 13.3. The third kappa shape index (κ3) is 3.02. The Morgan fingerprint density at radius 3 is 2.70 bits per heavy atom. The largest absolute Gasteiger partial charge is 0.356 e. The molecule has 134 valence electrons. The fourth-order valence-corrected chi connectivity index (χ4v) is 3.82. The van der Waals surface area contributed by atoms with Crippen molar-refractivity contribution in [3.63, 3.8) is 0 Å². The summed E-state index contributed by atoms with van der Waals surface area (Å²) in [6.07, 6.45) is 5.11. The minimum Gasteiger partial charge on any atom is -0.356 e. The van der Waals surface area contributed by atoms with Gasteiger partial charge in [-0.3, -0.25) is 4.98 Å². The molecule has 0 spiro atoms. The Bertz CT molecular complexity index is 1100. The molecule has 1 unspecified atom stereocenters. The lowest BCUT2D eigenvalue weighted by Crippen LogP contribution is -2.16. The zero-order valence-electron chi connectivity index (χ0n) is 15.0. The van der Waals surface area contributed by atoms with Gasteiger partial charge < -0.3 is 10.3 Å². The Morgan fingerprint density at radius 1 is 1.00 bits per heavy atom. The van der Waals surface area contributed by atoms with E-state index in [1.807, 2.05) is 48.7 Å². The van der Waals surface area contributed by atoms with Crippen molar-refractivity contribution in [2.45, 2.75) is 31.2 Å². The van der Waals surface area contributed by atoms with Crippen molar-refractivity contribution >= 4 is 11.0 Å². The van der Waals surface area contributed by atoms with Crippen molar-refractivity contribution in [2.75, 3.05) is 0 Å². The van der Waals surface area contributed by atoms with Crippen LogP contribution in [-0.2, 0) is 6.42 Å². The minimum absolute atomic E-state index is 0.149. The zero-order chi connectivity index (χ0) is 18.2. The maximum absolute atomic E-state index is 6.67. The molecule has 0 amide bonds. The lowest BCUT2D eigenvalue weighted by Gasteiger charge is -2.17. The summed E-state index contributed by atoms with van der Waals surface area (Å²) >= 11 is 0. The Labute approximate surface area is 158 Å². The van der Waals surface area contributed by atoms with Crippen molar-refractivity contribution < 1.29 is 4.52 Å². The van der Waals surface area contributed by atoms with Crippen LogP contribution in [-0.4, -0.2) is 10.1 Å². The average molecular weight is 355 g/mol. The van der Waals surface area contributed by atoms with Gasteiger partial charge in [-0.2, -0.15) is 0 Å². The minimum atomic E-state index is -0.149. The molecule has 27 heavy (non-hydrogen) atoms. The first kappa shape index (κ1) is 16.2. The van der Waals surface area contributed by atoms with Gasteiger partial charge in [0.25, 0.3) is 0 Å². The monoisotopic (exact) mass is 355 g/mol. The number of aromatic nitrogens is 2. The van der Waals surface area contributed by atoms with Crippen LogP contribution in [0.15, 0.2) is 71.4 Å². The van der Waals surface area contributed by atoms with E-state index in [0.717, 1.165) is 39.9 Å². The molecule has 2 aromatic heterocycles. The summed E-state index contributed by atoms with van der Waals surface area (Å²) in [5.41, 5.74) is 12.9. The van der Waals surface area contributed by atoms with Crippen LogP contribution < -0.4 is 5.73 Å². The van der Waals surface area contributed by atoms with Gasteiger partial charge in [-0.25, -0.2) is 0 Å².